The van der Waals surface area contributed by atoms with Crippen LogP contribution >= 0.6 is 0 Å². The molecule has 2 aliphatic rings. The number of aromatic nitrogens is 2. The number of morpholine rings is 1. The highest BCUT2D eigenvalue weighted by Gasteiger charge is 2.38. The summed E-state index contributed by atoms with van der Waals surface area (Å²) in [4.78, 5) is 10.8. The summed E-state index contributed by atoms with van der Waals surface area (Å²) in [6, 6.07) is 0.209. The Bertz CT molecular complexity index is 417. The molecule has 0 unspecified atom stereocenters. The number of carboxylic acids is 1. The number of ether oxygens (including phenoxy) is 1. The third-order valence-electron chi connectivity index (χ3n) is 3.27. The highest BCUT2D eigenvalue weighted by Crippen LogP contribution is 2.24. The Morgan fingerprint density at radius 2 is 2.44 bits per heavy atom. The van der Waals surface area contributed by atoms with Crippen LogP contribution in [0.1, 0.15) is 11.3 Å². The summed E-state index contributed by atoms with van der Waals surface area (Å²) >= 11 is 0. The summed E-state index contributed by atoms with van der Waals surface area (Å²) in [7, 11) is 0. The van der Waals surface area contributed by atoms with E-state index in [1.807, 2.05) is 6.20 Å². The number of hydrogen-bond donors (Lipinski definition) is 3. The van der Waals surface area contributed by atoms with E-state index in [9.17, 15) is 4.79 Å². The predicted octanol–water partition coefficient (Wildman–Crippen LogP) is -0.681. The normalized spacial score (nSPS) is 32.9. The van der Waals surface area contributed by atoms with Crippen molar-refractivity contribution < 1.29 is 14.6 Å². The first-order chi connectivity index (χ1) is 7.74. The van der Waals surface area contributed by atoms with Crippen molar-refractivity contribution in [2.75, 3.05) is 6.54 Å². The van der Waals surface area contributed by atoms with Crippen LogP contribution in [0.4, 0.5) is 0 Å². The largest absolute Gasteiger partial charge is 0.479 e. The number of aliphatic carboxylic acids is 1. The van der Waals surface area contributed by atoms with E-state index < -0.39 is 12.1 Å². The average Bonchev–Trinajstić information content (AvgIpc) is 2.71. The van der Waals surface area contributed by atoms with Gasteiger partial charge in [0.25, 0.3) is 0 Å². The summed E-state index contributed by atoms with van der Waals surface area (Å²) in [6.07, 6.45) is 2.62. The lowest BCUT2D eigenvalue weighted by molar-refractivity contribution is -0.160. The molecule has 1 aromatic heterocycles. The fourth-order valence-corrected chi connectivity index (χ4v) is 2.41. The van der Waals surface area contributed by atoms with Gasteiger partial charge in [0.15, 0.2) is 6.10 Å². The van der Waals surface area contributed by atoms with Crippen LogP contribution in [0.2, 0.25) is 0 Å². The molecule has 0 radical (unpaired) electrons. The number of fused-ring (bicyclic) bond motifs is 2. The van der Waals surface area contributed by atoms with E-state index in [-0.39, 0.29) is 12.1 Å². The van der Waals surface area contributed by atoms with E-state index in [1.54, 1.807) is 0 Å². The lowest BCUT2D eigenvalue weighted by atomic mass is 9.89. The molecular weight excluding hydrogens is 210 g/mol. The van der Waals surface area contributed by atoms with Gasteiger partial charge in [-0.1, -0.05) is 0 Å². The number of nitrogens with zero attached hydrogens (tertiary/aromatic N) is 1. The van der Waals surface area contributed by atoms with Gasteiger partial charge in [0, 0.05) is 25.2 Å². The quantitative estimate of drug-likeness (QED) is 0.587. The Morgan fingerprint density at radius 3 is 3.25 bits per heavy atom. The molecule has 16 heavy (non-hydrogen) atoms. The summed E-state index contributed by atoms with van der Waals surface area (Å²) in [5, 5.41) is 19.1. The lowest BCUT2D eigenvalue weighted by Gasteiger charge is -2.38. The Labute approximate surface area is 92.0 Å². The molecule has 6 heteroatoms. The minimum atomic E-state index is -0.904. The molecule has 86 valence electrons. The zero-order valence-corrected chi connectivity index (χ0v) is 8.64. The van der Waals surface area contributed by atoms with Gasteiger partial charge in [-0.25, -0.2) is 4.79 Å². The second kappa shape index (κ2) is 3.57. The number of nitrogens with one attached hydrogen (secondary N) is 2. The summed E-state index contributed by atoms with van der Waals surface area (Å²) in [6.45, 7) is 0.379. The standard InChI is InChI=1S/C10H13N3O3/c14-10(15)9-4-11-7-1-5-3-12-13-6(5)2-8(7)16-9/h3,7-9,11H,1-2,4H2,(H,12,13)(H,14,15)/t7-,8-,9-/m1/s1. The molecule has 3 atom stereocenters. The molecule has 0 saturated carbocycles. The number of H-pyrrole nitrogens is 1. The van der Waals surface area contributed by atoms with Crippen molar-refractivity contribution in [1.82, 2.24) is 15.5 Å². The minimum Gasteiger partial charge on any atom is -0.479 e. The van der Waals surface area contributed by atoms with E-state index in [1.165, 1.54) is 5.56 Å². The molecule has 0 spiro atoms. The van der Waals surface area contributed by atoms with Gasteiger partial charge in [-0.15, -0.1) is 0 Å². The maximum Gasteiger partial charge on any atom is 0.334 e. The fraction of sp³-hybridized carbons (Fsp3) is 0.600. The SMILES string of the molecule is O=C(O)[C@H]1CN[C@@H]2Cc3c[nH]nc3C[C@H]2O1. The monoisotopic (exact) mass is 223 g/mol. The molecule has 3 N–H and O–H groups in total. The van der Waals surface area contributed by atoms with Crippen LogP contribution in [0.25, 0.3) is 0 Å². The lowest BCUT2D eigenvalue weighted by Crippen LogP contribution is -2.57. The Balaban J connectivity index is 1.79. The van der Waals surface area contributed by atoms with E-state index in [0.29, 0.717) is 13.0 Å². The first-order valence-corrected chi connectivity index (χ1v) is 5.37. The van der Waals surface area contributed by atoms with Crippen molar-refractivity contribution in [3.63, 3.8) is 0 Å². The van der Waals surface area contributed by atoms with Crippen LogP contribution in [-0.2, 0) is 22.4 Å². The Morgan fingerprint density at radius 1 is 1.56 bits per heavy atom. The zero-order valence-electron chi connectivity index (χ0n) is 8.64. The molecular formula is C10H13N3O3. The highest BCUT2D eigenvalue weighted by molar-refractivity contribution is 5.72. The number of rotatable bonds is 1. The van der Waals surface area contributed by atoms with Crippen molar-refractivity contribution in [3.8, 4) is 0 Å². The van der Waals surface area contributed by atoms with Gasteiger partial charge in [-0.2, -0.15) is 5.10 Å². The Kier molecular flexibility index (Phi) is 2.19. The minimum absolute atomic E-state index is 0.0781. The molecule has 1 aliphatic heterocycles. The molecule has 0 aromatic carbocycles. The van der Waals surface area contributed by atoms with Crippen LogP contribution in [-0.4, -0.2) is 46.1 Å². The van der Waals surface area contributed by atoms with Crippen LogP contribution in [0, 0.1) is 0 Å². The summed E-state index contributed by atoms with van der Waals surface area (Å²) in [5.41, 5.74) is 2.19. The third kappa shape index (κ3) is 1.50. The molecule has 2 heterocycles. The van der Waals surface area contributed by atoms with Crippen LogP contribution in [0.5, 0.6) is 0 Å². The van der Waals surface area contributed by atoms with Crippen molar-refractivity contribution in [2.24, 2.45) is 0 Å². The van der Waals surface area contributed by atoms with Gasteiger partial charge in [0.2, 0.25) is 0 Å². The van der Waals surface area contributed by atoms with E-state index >= 15 is 0 Å². The van der Waals surface area contributed by atoms with E-state index in [4.69, 9.17) is 9.84 Å². The van der Waals surface area contributed by atoms with E-state index in [2.05, 4.69) is 15.5 Å². The second-order valence-corrected chi connectivity index (χ2v) is 4.28. The maximum atomic E-state index is 10.8. The van der Waals surface area contributed by atoms with Crippen molar-refractivity contribution >= 4 is 5.97 Å². The highest BCUT2D eigenvalue weighted by atomic mass is 16.5. The van der Waals surface area contributed by atoms with Crippen molar-refractivity contribution in [1.29, 1.82) is 0 Å². The van der Waals surface area contributed by atoms with Crippen molar-refractivity contribution in [3.05, 3.63) is 17.5 Å². The van der Waals surface area contributed by atoms with Crippen LogP contribution < -0.4 is 5.32 Å². The number of carboxylic acid groups (broad SMARTS) is 1. The molecule has 1 saturated heterocycles. The second-order valence-electron chi connectivity index (χ2n) is 4.28. The molecule has 3 rings (SSSR count). The van der Waals surface area contributed by atoms with Crippen LogP contribution in [0.3, 0.4) is 0 Å². The smallest absolute Gasteiger partial charge is 0.334 e. The van der Waals surface area contributed by atoms with Gasteiger partial charge in [-0.05, 0) is 12.0 Å². The predicted molar refractivity (Wildman–Crippen MR) is 54.1 cm³/mol. The number of carbonyl (C=O) groups is 1. The van der Waals surface area contributed by atoms with Gasteiger partial charge in [0.05, 0.1) is 11.8 Å². The zero-order chi connectivity index (χ0) is 11.1. The average molecular weight is 223 g/mol. The van der Waals surface area contributed by atoms with E-state index in [0.717, 1.165) is 12.1 Å². The van der Waals surface area contributed by atoms with Gasteiger partial charge in [0.1, 0.15) is 0 Å². The molecule has 1 aliphatic carbocycles. The first kappa shape index (κ1) is 9.80. The van der Waals surface area contributed by atoms with Gasteiger partial charge in [-0.3, -0.25) is 5.10 Å². The van der Waals surface area contributed by atoms with Gasteiger partial charge >= 0.3 is 5.97 Å². The fourth-order valence-electron chi connectivity index (χ4n) is 2.41. The topological polar surface area (TPSA) is 87.2 Å². The van der Waals surface area contributed by atoms with Crippen LogP contribution in [0.15, 0.2) is 6.20 Å². The molecule has 0 bridgehead atoms. The molecule has 1 aromatic rings. The molecule has 6 nitrogen and oxygen atoms in total. The summed E-state index contributed by atoms with van der Waals surface area (Å²) in [5.74, 6) is -0.904. The Hall–Kier alpha value is -1.40. The maximum absolute atomic E-state index is 10.8. The summed E-state index contributed by atoms with van der Waals surface area (Å²) < 4.78 is 5.56. The first-order valence-electron chi connectivity index (χ1n) is 5.37. The molecule has 0 amide bonds. The molecule has 1 fully saturated rings. The number of hydrogen-bond acceptors (Lipinski definition) is 4. The number of aromatic amines is 1. The third-order valence-corrected chi connectivity index (χ3v) is 3.27. The van der Waals surface area contributed by atoms with Gasteiger partial charge < -0.3 is 15.2 Å². The van der Waals surface area contributed by atoms with Crippen molar-refractivity contribution in [2.45, 2.75) is 31.1 Å².